The van der Waals surface area contributed by atoms with Gasteiger partial charge in [0.25, 0.3) is 0 Å². The second kappa shape index (κ2) is 4.07. The Balaban J connectivity index is 2.49. The first-order valence-corrected chi connectivity index (χ1v) is 4.82. The monoisotopic (exact) mass is 174 g/mol. The van der Waals surface area contributed by atoms with Gasteiger partial charge in [-0.2, -0.15) is 0 Å². The van der Waals surface area contributed by atoms with Crippen LogP contribution >= 0.6 is 11.9 Å². The highest BCUT2D eigenvalue weighted by Gasteiger charge is 2.31. The van der Waals surface area contributed by atoms with Crippen molar-refractivity contribution < 1.29 is 0 Å². The van der Waals surface area contributed by atoms with Crippen LogP contribution in [0.15, 0.2) is 4.58 Å². The molecule has 64 valence electrons. The molecule has 1 aliphatic rings. The van der Waals surface area contributed by atoms with Crippen LogP contribution in [0.25, 0.3) is 0 Å². The van der Waals surface area contributed by atoms with Crippen LogP contribution in [0.3, 0.4) is 0 Å². The van der Waals surface area contributed by atoms with Crippen LogP contribution in [0.4, 0.5) is 0 Å². The first kappa shape index (κ1) is 9.00. The number of rotatable bonds is 3. The summed E-state index contributed by atoms with van der Waals surface area (Å²) >= 11 is 1.23. The fraction of sp³-hybridized carbons (Fsp3) is 1.00. The zero-order valence-corrected chi connectivity index (χ0v) is 7.62. The third kappa shape index (κ3) is 2.17. The lowest BCUT2D eigenvalue weighted by atomic mass is 9.94. The number of nitrogens with zero attached hydrogens (tertiary/aromatic N) is 1. The van der Waals surface area contributed by atoms with Crippen LogP contribution in [0.2, 0.25) is 0 Å². The summed E-state index contributed by atoms with van der Waals surface area (Å²) in [5.41, 5.74) is 0. The Hall–Kier alpha value is -0.0900. The molecule has 0 spiro atoms. The van der Waals surface area contributed by atoms with Crippen molar-refractivity contribution in [1.29, 1.82) is 0 Å². The van der Waals surface area contributed by atoms with Gasteiger partial charge in [0.1, 0.15) is 0 Å². The standard InChI is InChI=1S/C7H14N2OS/c1-2-7(11-9-10)3-5-8-6-4-7/h8H,2-6H2,1H3. The molecule has 1 fully saturated rings. The van der Waals surface area contributed by atoms with Gasteiger partial charge >= 0.3 is 0 Å². The topological polar surface area (TPSA) is 41.5 Å². The molecule has 1 rings (SSSR count). The Kier molecular flexibility index (Phi) is 3.33. The predicted octanol–water partition coefficient (Wildman–Crippen LogP) is 1.93. The fourth-order valence-corrected chi connectivity index (χ4v) is 2.14. The second-order valence-electron chi connectivity index (χ2n) is 2.95. The lowest BCUT2D eigenvalue weighted by Crippen LogP contribution is -2.38. The lowest BCUT2D eigenvalue weighted by Gasteiger charge is -2.32. The van der Waals surface area contributed by atoms with Crippen LogP contribution < -0.4 is 5.32 Å². The molecule has 1 saturated heterocycles. The Morgan fingerprint density at radius 2 is 2.18 bits per heavy atom. The first-order chi connectivity index (χ1) is 5.33. The first-order valence-electron chi connectivity index (χ1n) is 4.04. The summed E-state index contributed by atoms with van der Waals surface area (Å²) < 4.78 is 3.09. The Morgan fingerprint density at radius 1 is 1.55 bits per heavy atom. The van der Waals surface area contributed by atoms with Crippen molar-refractivity contribution in [2.24, 2.45) is 4.58 Å². The maximum absolute atomic E-state index is 10.1. The SMILES string of the molecule is CCC1(SN=O)CCNCC1. The summed E-state index contributed by atoms with van der Waals surface area (Å²) in [5, 5.41) is 3.28. The zero-order chi connectivity index (χ0) is 8.16. The summed E-state index contributed by atoms with van der Waals surface area (Å²) in [4.78, 5) is 10.1. The van der Waals surface area contributed by atoms with E-state index < -0.39 is 0 Å². The van der Waals surface area contributed by atoms with Crippen LogP contribution in [0.1, 0.15) is 26.2 Å². The van der Waals surface area contributed by atoms with Crippen molar-refractivity contribution in [3.8, 4) is 0 Å². The Bertz CT molecular complexity index is 134. The molecule has 3 nitrogen and oxygen atoms in total. The quantitative estimate of drug-likeness (QED) is 0.525. The molecular formula is C7H14N2OS. The molecule has 0 saturated carbocycles. The van der Waals surface area contributed by atoms with Gasteiger partial charge in [-0.15, -0.1) is 4.91 Å². The van der Waals surface area contributed by atoms with Gasteiger partial charge in [-0.3, -0.25) is 0 Å². The van der Waals surface area contributed by atoms with Gasteiger partial charge in [0.05, 0.1) is 0 Å². The lowest BCUT2D eigenvalue weighted by molar-refractivity contribution is 0.404. The van der Waals surface area contributed by atoms with Gasteiger partial charge in [-0.1, -0.05) is 6.92 Å². The molecule has 0 amide bonds. The van der Waals surface area contributed by atoms with Crippen molar-refractivity contribution in [3.63, 3.8) is 0 Å². The molecule has 0 aromatic rings. The molecule has 4 heteroatoms. The van der Waals surface area contributed by atoms with E-state index in [0.717, 1.165) is 32.4 Å². The number of hydrogen-bond acceptors (Lipinski definition) is 4. The zero-order valence-electron chi connectivity index (χ0n) is 6.80. The van der Waals surface area contributed by atoms with Crippen molar-refractivity contribution in [2.45, 2.75) is 30.9 Å². The van der Waals surface area contributed by atoms with Crippen molar-refractivity contribution in [2.75, 3.05) is 13.1 Å². The smallest absolute Gasteiger partial charge is 0.0434 e. The maximum atomic E-state index is 10.1. The third-order valence-electron chi connectivity index (χ3n) is 2.39. The van der Waals surface area contributed by atoms with E-state index in [-0.39, 0.29) is 4.75 Å². The molecule has 0 aromatic carbocycles. The van der Waals surface area contributed by atoms with Gasteiger partial charge in [0.2, 0.25) is 0 Å². The van der Waals surface area contributed by atoms with E-state index in [1.54, 1.807) is 0 Å². The average molecular weight is 174 g/mol. The van der Waals surface area contributed by atoms with Crippen LogP contribution in [-0.2, 0) is 0 Å². The highest BCUT2D eigenvalue weighted by atomic mass is 32.2. The predicted molar refractivity (Wildman–Crippen MR) is 48.5 cm³/mol. The molecule has 11 heavy (non-hydrogen) atoms. The highest BCUT2D eigenvalue weighted by Crippen LogP contribution is 2.37. The molecule has 0 atom stereocenters. The van der Waals surface area contributed by atoms with E-state index in [2.05, 4.69) is 16.8 Å². The number of nitrogens with one attached hydrogen (secondary N) is 1. The van der Waals surface area contributed by atoms with Crippen LogP contribution in [0, 0.1) is 4.91 Å². The minimum atomic E-state index is 0.146. The van der Waals surface area contributed by atoms with E-state index in [4.69, 9.17) is 0 Å². The van der Waals surface area contributed by atoms with Gasteiger partial charge < -0.3 is 5.32 Å². The Labute approximate surface area is 71.4 Å². The maximum Gasteiger partial charge on any atom is 0.0434 e. The average Bonchev–Trinajstić information content (AvgIpc) is 2.07. The van der Waals surface area contributed by atoms with Gasteiger partial charge in [0, 0.05) is 21.3 Å². The fourth-order valence-electron chi connectivity index (χ4n) is 1.47. The normalized spacial score (nSPS) is 23.0. The van der Waals surface area contributed by atoms with Crippen molar-refractivity contribution in [3.05, 3.63) is 4.91 Å². The van der Waals surface area contributed by atoms with E-state index in [9.17, 15) is 4.91 Å². The summed E-state index contributed by atoms with van der Waals surface area (Å²) in [6, 6.07) is 0. The molecule has 0 bridgehead atoms. The highest BCUT2D eigenvalue weighted by molar-refractivity contribution is 7.99. The number of hydrogen-bond donors (Lipinski definition) is 1. The van der Waals surface area contributed by atoms with Crippen molar-refractivity contribution in [1.82, 2.24) is 5.32 Å². The third-order valence-corrected chi connectivity index (χ3v) is 3.55. The van der Waals surface area contributed by atoms with E-state index in [0.29, 0.717) is 0 Å². The van der Waals surface area contributed by atoms with Crippen LogP contribution in [0.5, 0.6) is 0 Å². The molecule has 0 radical (unpaired) electrons. The molecule has 1 heterocycles. The summed E-state index contributed by atoms with van der Waals surface area (Å²) in [5.74, 6) is 0. The van der Waals surface area contributed by atoms with Crippen molar-refractivity contribution >= 4 is 11.9 Å². The van der Waals surface area contributed by atoms with Gasteiger partial charge in [0.15, 0.2) is 0 Å². The number of piperidine rings is 1. The molecule has 1 aliphatic heterocycles. The molecule has 0 aromatic heterocycles. The summed E-state index contributed by atoms with van der Waals surface area (Å²) in [7, 11) is 0. The number of nitroso groups, excluding NO2 is 1. The molecule has 1 N–H and O–H groups in total. The summed E-state index contributed by atoms with van der Waals surface area (Å²) in [6.45, 7) is 4.18. The minimum Gasteiger partial charge on any atom is -0.317 e. The van der Waals surface area contributed by atoms with E-state index >= 15 is 0 Å². The second-order valence-corrected chi connectivity index (χ2v) is 4.15. The van der Waals surface area contributed by atoms with E-state index in [1.165, 1.54) is 11.9 Å². The van der Waals surface area contributed by atoms with Gasteiger partial charge in [-0.05, 0) is 32.4 Å². The molecule has 0 aliphatic carbocycles. The van der Waals surface area contributed by atoms with E-state index in [1.807, 2.05) is 0 Å². The largest absolute Gasteiger partial charge is 0.317 e. The molecule has 0 unspecified atom stereocenters. The van der Waals surface area contributed by atoms with Gasteiger partial charge in [-0.25, -0.2) is 0 Å². The minimum absolute atomic E-state index is 0.146. The Morgan fingerprint density at radius 3 is 2.64 bits per heavy atom. The molecular weight excluding hydrogens is 160 g/mol. The summed E-state index contributed by atoms with van der Waals surface area (Å²) in [6.07, 6.45) is 3.19. The van der Waals surface area contributed by atoms with Crippen LogP contribution in [-0.4, -0.2) is 17.8 Å².